The molecule has 0 aliphatic heterocycles. The Morgan fingerprint density at radius 2 is 2.54 bits per heavy atom. The molecule has 0 spiro atoms. The molecule has 0 saturated heterocycles. The lowest BCUT2D eigenvalue weighted by molar-refractivity contribution is -0.121. The molecule has 0 bridgehead atoms. The van der Waals surface area contributed by atoms with Crippen LogP contribution in [0.25, 0.3) is 0 Å². The van der Waals surface area contributed by atoms with Crippen LogP contribution in [0.3, 0.4) is 0 Å². The maximum Gasteiger partial charge on any atom is 0.221 e. The molecule has 0 radical (unpaired) electrons. The van der Waals surface area contributed by atoms with E-state index in [4.69, 9.17) is 5.73 Å². The summed E-state index contributed by atoms with van der Waals surface area (Å²) in [6.45, 7) is 2.38. The minimum absolute atomic E-state index is 0.0170. The number of carbonyl (C=O) groups excluding carboxylic acids is 1. The normalized spacial score (nSPS) is 12.5. The van der Waals surface area contributed by atoms with Crippen molar-refractivity contribution in [1.29, 1.82) is 0 Å². The topological polar surface area (TPSA) is 55.1 Å². The van der Waals surface area contributed by atoms with Gasteiger partial charge in [-0.1, -0.05) is 6.07 Å². The Hall–Kier alpha value is -0.870. The van der Waals surface area contributed by atoms with Gasteiger partial charge in [0.2, 0.25) is 5.91 Å². The van der Waals surface area contributed by atoms with Gasteiger partial charge in [-0.15, -0.1) is 11.3 Å². The van der Waals surface area contributed by atoms with Crippen molar-refractivity contribution in [2.45, 2.75) is 19.4 Å². The van der Waals surface area contributed by atoms with Gasteiger partial charge in [-0.25, -0.2) is 0 Å². The third kappa shape index (κ3) is 3.16. The zero-order valence-corrected chi connectivity index (χ0v) is 8.43. The second-order valence-electron chi connectivity index (χ2n) is 2.84. The number of thiophene rings is 1. The summed E-state index contributed by atoms with van der Waals surface area (Å²) < 4.78 is 0. The number of hydrogen-bond acceptors (Lipinski definition) is 3. The van der Waals surface area contributed by atoms with Crippen LogP contribution in [0.2, 0.25) is 0 Å². The van der Waals surface area contributed by atoms with Crippen LogP contribution in [-0.4, -0.2) is 12.5 Å². The highest BCUT2D eigenvalue weighted by atomic mass is 32.1. The summed E-state index contributed by atoms with van der Waals surface area (Å²) >= 11 is 1.65. The van der Waals surface area contributed by atoms with Crippen molar-refractivity contribution in [1.82, 2.24) is 5.32 Å². The maximum atomic E-state index is 11.2. The monoisotopic (exact) mass is 198 g/mol. The number of nitrogens with two attached hydrogens (primary N) is 1. The third-order valence-electron chi connectivity index (χ3n) is 1.72. The highest BCUT2D eigenvalue weighted by Gasteiger charge is 2.08. The largest absolute Gasteiger partial charge is 0.349 e. The van der Waals surface area contributed by atoms with Gasteiger partial charge in [0.15, 0.2) is 0 Å². The van der Waals surface area contributed by atoms with Crippen LogP contribution in [0.15, 0.2) is 17.5 Å². The average molecular weight is 198 g/mol. The van der Waals surface area contributed by atoms with E-state index < -0.39 is 0 Å². The van der Waals surface area contributed by atoms with Crippen molar-refractivity contribution in [3.05, 3.63) is 22.4 Å². The van der Waals surface area contributed by atoms with Crippen molar-refractivity contribution < 1.29 is 4.79 Å². The van der Waals surface area contributed by atoms with E-state index in [0.29, 0.717) is 13.0 Å². The molecule has 0 aliphatic rings. The van der Waals surface area contributed by atoms with Crippen molar-refractivity contribution in [2.24, 2.45) is 5.73 Å². The molecule has 1 heterocycles. The van der Waals surface area contributed by atoms with Gasteiger partial charge in [0.1, 0.15) is 0 Å². The van der Waals surface area contributed by atoms with Crippen molar-refractivity contribution >= 4 is 17.2 Å². The van der Waals surface area contributed by atoms with E-state index in [1.54, 1.807) is 11.3 Å². The fourth-order valence-corrected chi connectivity index (χ4v) is 1.79. The zero-order valence-electron chi connectivity index (χ0n) is 7.62. The number of rotatable bonds is 4. The molecule has 72 valence electrons. The highest BCUT2D eigenvalue weighted by molar-refractivity contribution is 7.10. The lowest BCUT2D eigenvalue weighted by atomic mass is 10.2. The number of amides is 1. The van der Waals surface area contributed by atoms with E-state index in [2.05, 4.69) is 5.32 Å². The van der Waals surface area contributed by atoms with Crippen molar-refractivity contribution in [3.63, 3.8) is 0 Å². The fourth-order valence-electron chi connectivity index (χ4n) is 1.05. The first kappa shape index (κ1) is 10.2. The standard InChI is InChI=1S/C9H14N2OS/c1-7(8-3-2-6-13-8)11-9(12)4-5-10/h2-3,6-7H,4-5,10H2,1H3,(H,11,12)/t7-/m1/s1. The van der Waals surface area contributed by atoms with Crippen LogP contribution in [-0.2, 0) is 4.79 Å². The van der Waals surface area contributed by atoms with Gasteiger partial charge < -0.3 is 11.1 Å². The molecule has 1 amide bonds. The van der Waals surface area contributed by atoms with Crippen LogP contribution < -0.4 is 11.1 Å². The predicted octanol–water partition coefficient (Wildman–Crippen LogP) is 1.27. The van der Waals surface area contributed by atoms with Gasteiger partial charge in [-0.2, -0.15) is 0 Å². The first-order chi connectivity index (χ1) is 6.24. The third-order valence-corrected chi connectivity index (χ3v) is 2.77. The van der Waals surface area contributed by atoms with Gasteiger partial charge in [0, 0.05) is 17.8 Å². The van der Waals surface area contributed by atoms with Gasteiger partial charge in [-0.05, 0) is 18.4 Å². The van der Waals surface area contributed by atoms with Gasteiger partial charge >= 0.3 is 0 Å². The molecule has 0 fully saturated rings. The second kappa shape index (κ2) is 4.99. The van der Waals surface area contributed by atoms with E-state index in [1.165, 1.54) is 4.88 Å². The maximum absolute atomic E-state index is 11.2. The predicted molar refractivity (Wildman–Crippen MR) is 54.5 cm³/mol. The Morgan fingerprint density at radius 1 is 1.77 bits per heavy atom. The molecule has 1 aromatic rings. The van der Waals surface area contributed by atoms with E-state index >= 15 is 0 Å². The Balaban J connectivity index is 2.42. The van der Waals surface area contributed by atoms with Crippen molar-refractivity contribution in [2.75, 3.05) is 6.54 Å². The van der Waals surface area contributed by atoms with Gasteiger partial charge in [0.25, 0.3) is 0 Å². The molecule has 1 aromatic heterocycles. The quantitative estimate of drug-likeness (QED) is 0.765. The Morgan fingerprint density at radius 3 is 3.08 bits per heavy atom. The molecule has 3 nitrogen and oxygen atoms in total. The first-order valence-electron chi connectivity index (χ1n) is 4.27. The summed E-state index contributed by atoms with van der Waals surface area (Å²) in [4.78, 5) is 12.3. The Bertz CT molecular complexity index is 259. The molecule has 0 saturated carbocycles. The van der Waals surface area contributed by atoms with Crippen LogP contribution in [0.4, 0.5) is 0 Å². The van der Waals surface area contributed by atoms with E-state index in [-0.39, 0.29) is 11.9 Å². The SMILES string of the molecule is C[C@@H](NC(=O)CCN)c1cccs1. The molecule has 0 unspecified atom stereocenters. The summed E-state index contributed by atoms with van der Waals surface area (Å²) in [7, 11) is 0. The summed E-state index contributed by atoms with van der Waals surface area (Å²) in [5, 5.41) is 4.88. The molecule has 3 N–H and O–H groups in total. The van der Waals surface area contributed by atoms with Crippen LogP contribution >= 0.6 is 11.3 Å². The summed E-state index contributed by atoms with van der Waals surface area (Å²) in [6.07, 6.45) is 0.399. The number of hydrogen-bond donors (Lipinski definition) is 2. The minimum atomic E-state index is 0.0170. The lowest BCUT2D eigenvalue weighted by Gasteiger charge is -2.11. The van der Waals surface area contributed by atoms with Crippen molar-refractivity contribution in [3.8, 4) is 0 Å². The molecule has 1 atom stereocenters. The molecule has 13 heavy (non-hydrogen) atoms. The van der Waals surface area contributed by atoms with Crippen LogP contribution in [0, 0.1) is 0 Å². The van der Waals surface area contributed by atoms with E-state index in [0.717, 1.165) is 0 Å². The smallest absolute Gasteiger partial charge is 0.221 e. The van der Waals surface area contributed by atoms with Crippen LogP contribution in [0.5, 0.6) is 0 Å². The zero-order chi connectivity index (χ0) is 9.68. The highest BCUT2D eigenvalue weighted by Crippen LogP contribution is 2.17. The Kier molecular flexibility index (Phi) is 3.92. The van der Waals surface area contributed by atoms with Gasteiger partial charge in [-0.3, -0.25) is 4.79 Å². The number of nitrogens with one attached hydrogen (secondary N) is 1. The summed E-state index contributed by atoms with van der Waals surface area (Å²) in [6, 6.07) is 4.09. The van der Waals surface area contributed by atoms with E-state index in [9.17, 15) is 4.79 Å². The molecule has 0 aliphatic carbocycles. The molecule has 0 aromatic carbocycles. The first-order valence-corrected chi connectivity index (χ1v) is 5.15. The molecular weight excluding hydrogens is 184 g/mol. The summed E-state index contributed by atoms with van der Waals surface area (Å²) in [5.41, 5.74) is 5.27. The number of carbonyl (C=O) groups is 1. The summed E-state index contributed by atoms with van der Waals surface area (Å²) in [5.74, 6) is 0.0170. The molecule has 1 rings (SSSR count). The Labute approximate surface area is 81.9 Å². The average Bonchev–Trinajstić information content (AvgIpc) is 2.55. The van der Waals surface area contributed by atoms with E-state index in [1.807, 2.05) is 24.4 Å². The van der Waals surface area contributed by atoms with Gasteiger partial charge in [0.05, 0.1) is 6.04 Å². The minimum Gasteiger partial charge on any atom is -0.349 e. The lowest BCUT2D eigenvalue weighted by Crippen LogP contribution is -2.27. The second-order valence-corrected chi connectivity index (χ2v) is 3.82. The van der Waals surface area contributed by atoms with Crippen LogP contribution in [0.1, 0.15) is 24.3 Å². The fraction of sp³-hybridized carbons (Fsp3) is 0.444. The molecule has 4 heteroatoms. The molecular formula is C9H14N2OS.